The Kier molecular flexibility index (Phi) is 10.5. The van der Waals surface area contributed by atoms with E-state index in [1.807, 2.05) is 6.92 Å². The van der Waals surface area contributed by atoms with Crippen LogP contribution in [0.5, 0.6) is 0 Å². The summed E-state index contributed by atoms with van der Waals surface area (Å²) in [6.45, 7) is 6.17. The average Bonchev–Trinajstić information content (AvgIpc) is 2.62. The number of piperidine rings is 1. The van der Waals surface area contributed by atoms with E-state index in [0.29, 0.717) is 12.6 Å². The van der Waals surface area contributed by atoms with Crippen LogP contribution in [0.3, 0.4) is 0 Å². The van der Waals surface area contributed by atoms with Gasteiger partial charge < -0.3 is 15.4 Å². The summed E-state index contributed by atoms with van der Waals surface area (Å²) in [7, 11) is 0. The summed E-state index contributed by atoms with van der Waals surface area (Å²) in [4.78, 5) is 15.0. The highest BCUT2D eigenvalue weighted by molar-refractivity contribution is 5.85. The number of hydrogen-bond donors (Lipinski definition) is 2. The molecule has 3 rings (SSSR count). The van der Waals surface area contributed by atoms with Crippen LogP contribution in [0.2, 0.25) is 0 Å². The molecule has 7 heteroatoms. The molecule has 1 aromatic carbocycles. The van der Waals surface area contributed by atoms with Crippen LogP contribution in [0.1, 0.15) is 31.7 Å². The van der Waals surface area contributed by atoms with Gasteiger partial charge in [0.1, 0.15) is 6.04 Å². The maximum Gasteiger partial charge on any atom is 0.239 e. The number of amides is 1. The van der Waals surface area contributed by atoms with Crippen LogP contribution in [0.15, 0.2) is 30.3 Å². The van der Waals surface area contributed by atoms with Crippen molar-refractivity contribution in [2.75, 3.05) is 26.2 Å². The van der Waals surface area contributed by atoms with Crippen molar-refractivity contribution in [3.05, 3.63) is 35.9 Å². The first-order valence-corrected chi connectivity index (χ1v) is 9.15. The van der Waals surface area contributed by atoms with Crippen molar-refractivity contribution in [2.45, 2.75) is 50.9 Å². The van der Waals surface area contributed by atoms with Crippen LogP contribution in [-0.2, 0) is 16.1 Å². The van der Waals surface area contributed by atoms with E-state index in [-0.39, 0.29) is 42.9 Å². The molecule has 3 atom stereocenters. The third-order valence-electron chi connectivity index (χ3n) is 5.09. The molecule has 0 saturated carbocycles. The Morgan fingerprint density at radius 3 is 2.77 bits per heavy atom. The Labute approximate surface area is 169 Å². The van der Waals surface area contributed by atoms with Gasteiger partial charge in [0, 0.05) is 25.7 Å². The van der Waals surface area contributed by atoms with Crippen molar-refractivity contribution >= 4 is 30.7 Å². The first-order valence-electron chi connectivity index (χ1n) is 9.15. The minimum atomic E-state index is -0.232. The molecule has 1 unspecified atom stereocenters. The largest absolute Gasteiger partial charge is 0.375 e. The number of ether oxygens (including phenoxy) is 1. The van der Waals surface area contributed by atoms with E-state index >= 15 is 0 Å². The molecule has 2 aliphatic heterocycles. The number of carbonyl (C=O) groups is 1. The minimum absolute atomic E-state index is 0. The lowest BCUT2D eigenvalue weighted by molar-refractivity contribution is -0.129. The monoisotopic (exact) mass is 403 g/mol. The fraction of sp³-hybridized carbons (Fsp3) is 0.632. The van der Waals surface area contributed by atoms with Gasteiger partial charge in [-0.15, -0.1) is 24.8 Å². The van der Waals surface area contributed by atoms with E-state index in [1.54, 1.807) is 0 Å². The fourth-order valence-corrected chi connectivity index (χ4v) is 3.67. The molecule has 148 valence electrons. The molecule has 2 aliphatic rings. The Morgan fingerprint density at radius 2 is 2.04 bits per heavy atom. The number of benzene rings is 1. The molecular weight excluding hydrogens is 373 g/mol. The second-order valence-corrected chi connectivity index (χ2v) is 6.86. The van der Waals surface area contributed by atoms with Gasteiger partial charge in [0.05, 0.1) is 12.7 Å². The van der Waals surface area contributed by atoms with E-state index in [0.717, 1.165) is 32.6 Å². The zero-order valence-corrected chi connectivity index (χ0v) is 17.0. The van der Waals surface area contributed by atoms with E-state index in [4.69, 9.17) is 4.74 Å². The van der Waals surface area contributed by atoms with Crippen LogP contribution >= 0.6 is 24.8 Å². The summed E-state index contributed by atoms with van der Waals surface area (Å²) in [5, 5.41) is 6.40. The molecule has 2 N–H and O–H groups in total. The van der Waals surface area contributed by atoms with Crippen LogP contribution in [-0.4, -0.2) is 55.2 Å². The molecular formula is C19H31Cl2N3O2. The highest BCUT2D eigenvalue weighted by atomic mass is 35.5. The lowest BCUT2D eigenvalue weighted by atomic mass is 10.0. The van der Waals surface area contributed by atoms with Crippen LogP contribution in [0.25, 0.3) is 0 Å². The third-order valence-corrected chi connectivity index (χ3v) is 5.09. The van der Waals surface area contributed by atoms with Gasteiger partial charge in [-0.1, -0.05) is 36.8 Å². The van der Waals surface area contributed by atoms with Gasteiger partial charge in [-0.05, 0) is 31.9 Å². The van der Waals surface area contributed by atoms with Crippen molar-refractivity contribution in [3.63, 3.8) is 0 Å². The van der Waals surface area contributed by atoms with Gasteiger partial charge in [0.25, 0.3) is 0 Å². The summed E-state index contributed by atoms with van der Waals surface area (Å²) < 4.78 is 5.57. The first-order chi connectivity index (χ1) is 11.7. The zero-order chi connectivity index (χ0) is 16.8. The van der Waals surface area contributed by atoms with Gasteiger partial charge in [0.15, 0.2) is 0 Å². The number of hydrogen-bond acceptors (Lipinski definition) is 4. The van der Waals surface area contributed by atoms with Crippen molar-refractivity contribution < 1.29 is 9.53 Å². The molecule has 0 bridgehead atoms. The topological polar surface area (TPSA) is 53.6 Å². The van der Waals surface area contributed by atoms with Crippen molar-refractivity contribution in [3.8, 4) is 0 Å². The molecule has 2 saturated heterocycles. The maximum atomic E-state index is 12.4. The Hall–Kier alpha value is -0.850. The van der Waals surface area contributed by atoms with E-state index in [9.17, 15) is 4.79 Å². The van der Waals surface area contributed by atoms with Gasteiger partial charge >= 0.3 is 0 Å². The quantitative estimate of drug-likeness (QED) is 0.792. The summed E-state index contributed by atoms with van der Waals surface area (Å²) in [6.07, 6.45) is 3.57. The number of halogens is 2. The number of nitrogens with one attached hydrogen (secondary N) is 2. The van der Waals surface area contributed by atoms with E-state index in [2.05, 4.69) is 45.9 Å². The van der Waals surface area contributed by atoms with Gasteiger partial charge in [-0.3, -0.25) is 9.69 Å². The summed E-state index contributed by atoms with van der Waals surface area (Å²) in [5.74, 6) is 0.0624. The number of rotatable bonds is 5. The molecule has 1 amide bonds. The Bertz CT molecular complexity index is 533. The molecule has 1 aromatic rings. The molecule has 2 fully saturated rings. The SMILES string of the molecule is C[C@H]1OCCN[C@@H]1C(=O)NCC1CCCCN1Cc1ccccc1.Cl.Cl. The Morgan fingerprint density at radius 1 is 1.27 bits per heavy atom. The van der Waals surface area contributed by atoms with Crippen LogP contribution in [0, 0.1) is 0 Å². The first kappa shape index (κ1) is 23.2. The smallest absolute Gasteiger partial charge is 0.239 e. The number of nitrogens with zero attached hydrogens (tertiary/aromatic N) is 1. The van der Waals surface area contributed by atoms with Crippen molar-refractivity contribution in [1.29, 1.82) is 0 Å². The number of morpholine rings is 1. The molecule has 0 aliphatic carbocycles. The fourth-order valence-electron chi connectivity index (χ4n) is 3.67. The normalized spacial score (nSPS) is 26.3. The van der Waals surface area contributed by atoms with Crippen LogP contribution in [0.4, 0.5) is 0 Å². The minimum Gasteiger partial charge on any atom is -0.375 e. The van der Waals surface area contributed by atoms with E-state index in [1.165, 1.54) is 18.4 Å². The zero-order valence-electron chi connectivity index (χ0n) is 15.4. The molecule has 5 nitrogen and oxygen atoms in total. The van der Waals surface area contributed by atoms with Crippen molar-refractivity contribution in [2.24, 2.45) is 0 Å². The molecule has 0 aromatic heterocycles. The number of likely N-dealkylation sites (tertiary alicyclic amines) is 1. The number of carbonyl (C=O) groups excluding carboxylic acids is 1. The lowest BCUT2D eigenvalue weighted by Gasteiger charge is -2.36. The van der Waals surface area contributed by atoms with Crippen LogP contribution < -0.4 is 10.6 Å². The van der Waals surface area contributed by atoms with Gasteiger partial charge in [-0.25, -0.2) is 0 Å². The maximum absolute atomic E-state index is 12.4. The summed E-state index contributed by atoms with van der Waals surface area (Å²) in [5.41, 5.74) is 1.34. The predicted octanol–water partition coefficient (Wildman–Crippen LogP) is 2.38. The average molecular weight is 404 g/mol. The van der Waals surface area contributed by atoms with E-state index < -0.39 is 0 Å². The lowest BCUT2D eigenvalue weighted by Crippen LogP contribution is -2.57. The van der Waals surface area contributed by atoms with Crippen molar-refractivity contribution in [1.82, 2.24) is 15.5 Å². The highest BCUT2D eigenvalue weighted by Crippen LogP contribution is 2.19. The molecule has 0 spiro atoms. The summed E-state index contributed by atoms with van der Waals surface area (Å²) >= 11 is 0. The molecule has 2 heterocycles. The molecule has 0 radical (unpaired) electrons. The highest BCUT2D eigenvalue weighted by Gasteiger charge is 2.29. The Balaban J connectivity index is 0.00000169. The third kappa shape index (κ3) is 6.39. The summed E-state index contributed by atoms with van der Waals surface area (Å²) in [6, 6.07) is 10.8. The standard InChI is InChI=1S/C19H29N3O2.2ClH/c1-15-18(20-10-12-24-15)19(23)21-13-17-9-5-6-11-22(17)14-16-7-3-2-4-8-16;;/h2-4,7-8,15,17-18,20H,5-6,9-14H2,1H3,(H,21,23);2*1H/t15-,17?,18+;;/m1../s1. The second kappa shape index (κ2) is 11.8. The predicted molar refractivity (Wildman–Crippen MR) is 109 cm³/mol. The van der Waals surface area contributed by atoms with Gasteiger partial charge in [0.2, 0.25) is 5.91 Å². The second-order valence-electron chi connectivity index (χ2n) is 6.86. The molecule has 26 heavy (non-hydrogen) atoms. The van der Waals surface area contributed by atoms with Gasteiger partial charge in [-0.2, -0.15) is 0 Å².